The molecular weight excluding hydrogens is 244 g/mol. The van der Waals surface area contributed by atoms with Crippen LogP contribution in [0.15, 0.2) is 30.6 Å². The Balaban J connectivity index is 2.02. The molecule has 1 aromatic heterocycles. The summed E-state index contributed by atoms with van der Waals surface area (Å²) < 4.78 is 4.96. The quantitative estimate of drug-likeness (QED) is 0.864. The average Bonchev–Trinajstić information content (AvgIpc) is 2.46. The van der Waals surface area contributed by atoms with Crippen LogP contribution < -0.4 is 10.1 Å². The van der Waals surface area contributed by atoms with Crippen molar-refractivity contribution in [2.24, 2.45) is 0 Å². The summed E-state index contributed by atoms with van der Waals surface area (Å²) in [5.74, 6) is 1.09. The SMILES string of the molecule is COc1ccc(CNc2cnc(C#N)cn2)cc1O. The number of ether oxygens (including phenoxy) is 1. The summed E-state index contributed by atoms with van der Waals surface area (Å²) in [6, 6.07) is 7.04. The van der Waals surface area contributed by atoms with Crippen LogP contribution in [0.25, 0.3) is 0 Å². The second-order valence-corrected chi connectivity index (χ2v) is 3.76. The molecule has 0 saturated heterocycles. The largest absolute Gasteiger partial charge is 0.504 e. The minimum Gasteiger partial charge on any atom is -0.504 e. The predicted molar refractivity (Wildman–Crippen MR) is 68.7 cm³/mol. The fourth-order valence-corrected chi connectivity index (χ4v) is 1.52. The van der Waals surface area contributed by atoms with Gasteiger partial charge in [0.05, 0.1) is 19.5 Å². The zero-order valence-corrected chi connectivity index (χ0v) is 10.3. The maximum atomic E-state index is 9.64. The molecule has 6 nitrogen and oxygen atoms in total. The van der Waals surface area contributed by atoms with Gasteiger partial charge < -0.3 is 15.2 Å². The van der Waals surface area contributed by atoms with E-state index in [9.17, 15) is 5.11 Å². The van der Waals surface area contributed by atoms with Gasteiger partial charge in [0.25, 0.3) is 0 Å². The summed E-state index contributed by atoms with van der Waals surface area (Å²) >= 11 is 0. The second kappa shape index (κ2) is 5.69. The molecule has 0 aliphatic carbocycles. The number of phenols is 1. The van der Waals surface area contributed by atoms with Crippen LogP contribution in [0.1, 0.15) is 11.3 Å². The Morgan fingerprint density at radius 2 is 2.21 bits per heavy atom. The molecule has 0 bridgehead atoms. The van der Waals surface area contributed by atoms with Crippen molar-refractivity contribution in [3.05, 3.63) is 41.9 Å². The maximum absolute atomic E-state index is 9.64. The Kier molecular flexibility index (Phi) is 3.78. The van der Waals surface area contributed by atoms with Crippen molar-refractivity contribution in [2.75, 3.05) is 12.4 Å². The van der Waals surface area contributed by atoms with Gasteiger partial charge in [0.15, 0.2) is 17.2 Å². The lowest BCUT2D eigenvalue weighted by atomic mass is 10.2. The molecule has 1 aromatic carbocycles. The number of benzene rings is 1. The highest BCUT2D eigenvalue weighted by Crippen LogP contribution is 2.26. The van der Waals surface area contributed by atoms with Gasteiger partial charge in [-0.25, -0.2) is 9.97 Å². The molecule has 96 valence electrons. The Hall–Kier alpha value is -2.81. The summed E-state index contributed by atoms with van der Waals surface area (Å²) in [6.07, 6.45) is 2.88. The molecule has 0 saturated carbocycles. The van der Waals surface area contributed by atoms with Crippen LogP contribution in [0.5, 0.6) is 11.5 Å². The number of anilines is 1. The highest BCUT2D eigenvalue weighted by molar-refractivity contribution is 5.43. The zero-order chi connectivity index (χ0) is 13.7. The number of aromatic nitrogens is 2. The van der Waals surface area contributed by atoms with E-state index in [4.69, 9.17) is 10.00 Å². The Morgan fingerprint density at radius 1 is 1.37 bits per heavy atom. The first-order valence-electron chi connectivity index (χ1n) is 5.55. The van der Waals surface area contributed by atoms with Crippen molar-refractivity contribution < 1.29 is 9.84 Å². The first-order chi connectivity index (χ1) is 9.22. The van der Waals surface area contributed by atoms with E-state index in [1.807, 2.05) is 12.1 Å². The van der Waals surface area contributed by atoms with Gasteiger partial charge in [0.1, 0.15) is 11.9 Å². The predicted octanol–water partition coefficient (Wildman–Crippen LogP) is 1.67. The first-order valence-corrected chi connectivity index (χ1v) is 5.55. The molecule has 0 unspecified atom stereocenters. The van der Waals surface area contributed by atoms with E-state index in [-0.39, 0.29) is 11.4 Å². The normalized spacial score (nSPS) is 9.68. The monoisotopic (exact) mass is 256 g/mol. The smallest absolute Gasteiger partial charge is 0.160 e. The fraction of sp³-hybridized carbons (Fsp3) is 0.154. The van der Waals surface area contributed by atoms with E-state index in [2.05, 4.69) is 15.3 Å². The van der Waals surface area contributed by atoms with Crippen molar-refractivity contribution in [3.63, 3.8) is 0 Å². The van der Waals surface area contributed by atoms with E-state index < -0.39 is 0 Å². The van der Waals surface area contributed by atoms with Crippen molar-refractivity contribution in [1.82, 2.24) is 9.97 Å². The summed E-state index contributed by atoms with van der Waals surface area (Å²) in [5, 5.41) is 21.3. The standard InChI is InChI=1S/C13H12N4O2/c1-19-12-3-2-9(4-11(12)18)6-16-13-8-15-10(5-14)7-17-13/h2-4,7-8,18H,6H2,1H3,(H,16,17). The third kappa shape index (κ3) is 3.10. The van der Waals surface area contributed by atoms with Crippen LogP contribution in [0.2, 0.25) is 0 Å². The number of nitriles is 1. The van der Waals surface area contributed by atoms with Gasteiger partial charge in [-0.2, -0.15) is 5.26 Å². The fourth-order valence-electron chi connectivity index (χ4n) is 1.52. The van der Waals surface area contributed by atoms with Crippen LogP contribution in [-0.2, 0) is 6.54 Å². The number of hydrogen-bond donors (Lipinski definition) is 2. The van der Waals surface area contributed by atoms with Crippen LogP contribution >= 0.6 is 0 Å². The summed E-state index contributed by atoms with van der Waals surface area (Å²) in [7, 11) is 1.50. The van der Waals surface area contributed by atoms with E-state index in [1.54, 1.807) is 12.1 Å². The van der Waals surface area contributed by atoms with Crippen molar-refractivity contribution >= 4 is 5.82 Å². The number of hydrogen-bond acceptors (Lipinski definition) is 6. The Morgan fingerprint density at radius 3 is 2.79 bits per heavy atom. The lowest BCUT2D eigenvalue weighted by molar-refractivity contribution is 0.373. The maximum Gasteiger partial charge on any atom is 0.160 e. The van der Waals surface area contributed by atoms with E-state index in [0.717, 1.165) is 5.56 Å². The molecular formula is C13H12N4O2. The van der Waals surface area contributed by atoms with Crippen LogP contribution in [0.3, 0.4) is 0 Å². The van der Waals surface area contributed by atoms with Crippen LogP contribution in [-0.4, -0.2) is 22.2 Å². The van der Waals surface area contributed by atoms with Crippen molar-refractivity contribution in [3.8, 4) is 17.6 Å². The number of rotatable bonds is 4. The number of nitrogens with zero attached hydrogens (tertiary/aromatic N) is 3. The Labute approximate surface area is 110 Å². The third-order valence-corrected chi connectivity index (χ3v) is 2.48. The summed E-state index contributed by atoms with van der Waals surface area (Å²) in [6.45, 7) is 0.484. The number of nitrogens with one attached hydrogen (secondary N) is 1. The van der Waals surface area contributed by atoms with Gasteiger partial charge in [-0.3, -0.25) is 0 Å². The van der Waals surface area contributed by atoms with Crippen LogP contribution in [0.4, 0.5) is 5.82 Å². The molecule has 0 radical (unpaired) electrons. The Bertz CT molecular complexity index is 605. The molecule has 2 rings (SSSR count). The first kappa shape index (κ1) is 12.6. The number of phenolic OH excluding ortho intramolecular Hbond substituents is 1. The second-order valence-electron chi connectivity index (χ2n) is 3.76. The van der Waals surface area contributed by atoms with Gasteiger partial charge in [-0.05, 0) is 17.7 Å². The van der Waals surface area contributed by atoms with Gasteiger partial charge >= 0.3 is 0 Å². The lowest BCUT2D eigenvalue weighted by Gasteiger charge is -2.07. The minimum absolute atomic E-state index is 0.0905. The number of methoxy groups -OCH3 is 1. The van der Waals surface area contributed by atoms with Gasteiger partial charge in [-0.15, -0.1) is 0 Å². The van der Waals surface area contributed by atoms with Gasteiger partial charge in [-0.1, -0.05) is 6.07 Å². The summed E-state index contributed by atoms with van der Waals surface area (Å²) in [4.78, 5) is 7.94. The molecule has 2 aromatic rings. The van der Waals surface area contributed by atoms with E-state index >= 15 is 0 Å². The molecule has 19 heavy (non-hydrogen) atoms. The molecule has 0 aliphatic heterocycles. The molecule has 2 N–H and O–H groups in total. The molecule has 0 atom stereocenters. The molecule has 6 heteroatoms. The van der Waals surface area contributed by atoms with Crippen molar-refractivity contribution in [1.29, 1.82) is 5.26 Å². The zero-order valence-electron chi connectivity index (χ0n) is 10.3. The van der Waals surface area contributed by atoms with E-state index in [0.29, 0.717) is 18.1 Å². The highest BCUT2D eigenvalue weighted by Gasteiger charge is 2.03. The van der Waals surface area contributed by atoms with Gasteiger partial charge in [0.2, 0.25) is 0 Å². The van der Waals surface area contributed by atoms with Crippen LogP contribution in [0, 0.1) is 11.3 Å². The van der Waals surface area contributed by atoms with Gasteiger partial charge in [0, 0.05) is 6.54 Å². The molecule has 0 aliphatic rings. The highest BCUT2D eigenvalue weighted by atomic mass is 16.5. The summed E-state index contributed by atoms with van der Waals surface area (Å²) in [5.41, 5.74) is 1.15. The minimum atomic E-state index is 0.0905. The average molecular weight is 256 g/mol. The van der Waals surface area contributed by atoms with E-state index in [1.165, 1.54) is 19.5 Å². The third-order valence-electron chi connectivity index (χ3n) is 2.48. The van der Waals surface area contributed by atoms with Crippen molar-refractivity contribution in [2.45, 2.75) is 6.54 Å². The lowest BCUT2D eigenvalue weighted by Crippen LogP contribution is -2.02. The molecule has 0 amide bonds. The number of aromatic hydroxyl groups is 1. The molecule has 1 heterocycles. The molecule has 0 fully saturated rings. The molecule has 0 spiro atoms. The topological polar surface area (TPSA) is 91.1 Å².